The molecule has 0 radical (unpaired) electrons. The fraction of sp³-hybridized carbons (Fsp3) is 0.364. The molecule has 0 fully saturated rings. The molecule has 0 saturated heterocycles. The number of benzene rings is 1. The van der Waals surface area contributed by atoms with Gasteiger partial charge in [0.05, 0.1) is 5.56 Å². The lowest BCUT2D eigenvalue weighted by atomic mass is 9.86. The van der Waals surface area contributed by atoms with Crippen LogP contribution in [0.25, 0.3) is 0 Å². The SMILES string of the molecule is CC(C)(CS)c1cccc(C(=O)O)c1. The van der Waals surface area contributed by atoms with Crippen molar-refractivity contribution in [2.24, 2.45) is 0 Å². The van der Waals surface area contributed by atoms with Crippen molar-refractivity contribution in [2.45, 2.75) is 19.3 Å². The molecule has 0 aliphatic heterocycles. The van der Waals surface area contributed by atoms with Crippen molar-refractivity contribution >= 4 is 18.6 Å². The zero-order valence-electron chi connectivity index (χ0n) is 8.32. The minimum atomic E-state index is -0.887. The van der Waals surface area contributed by atoms with E-state index < -0.39 is 5.97 Å². The molecule has 0 aliphatic rings. The van der Waals surface area contributed by atoms with Gasteiger partial charge in [0.15, 0.2) is 0 Å². The Kier molecular flexibility index (Phi) is 3.21. The van der Waals surface area contributed by atoms with Crippen LogP contribution in [0.15, 0.2) is 24.3 Å². The Morgan fingerprint density at radius 2 is 2.14 bits per heavy atom. The van der Waals surface area contributed by atoms with Crippen LogP contribution < -0.4 is 0 Å². The Morgan fingerprint density at radius 3 is 2.64 bits per heavy atom. The van der Waals surface area contributed by atoms with Crippen molar-refractivity contribution in [2.75, 3.05) is 5.75 Å². The number of aromatic carboxylic acids is 1. The van der Waals surface area contributed by atoms with Crippen LogP contribution in [0.2, 0.25) is 0 Å². The Balaban J connectivity index is 3.12. The lowest BCUT2D eigenvalue weighted by Crippen LogP contribution is -2.19. The van der Waals surface area contributed by atoms with Crippen LogP contribution in [-0.2, 0) is 5.41 Å². The zero-order chi connectivity index (χ0) is 10.8. The maximum atomic E-state index is 10.7. The highest BCUT2D eigenvalue weighted by Gasteiger charge is 2.19. The average Bonchev–Trinajstić information content (AvgIpc) is 2.18. The first-order valence-electron chi connectivity index (χ1n) is 4.42. The third kappa shape index (κ3) is 2.29. The van der Waals surface area contributed by atoms with Crippen molar-refractivity contribution in [3.63, 3.8) is 0 Å². The Labute approximate surface area is 89.4 Å². The molecule has 0 bridgehead atoms. The first kappa shape index (κ1) is 11.1. The van der Waals surface area contributed by atoms with Gasteiger partial charge in [0.1, 0.15) is 0 Å². The van der Waals surface area contributed by atoms with Gasteiger partial charge in [0.25, 0.3) is 0 Å². The first-order chi connectivity index (χ1) is 6.47. The Bertz CT molecular complexity index is 345. The van der Waals surface area contributed by atoms with E-state index in [9.17, 15) is 4.79 Å². The highest BCUT2D eigenvalue weighted by molar-refractivity contribution is 7.80. The van der Waals surface area contributed by atoms with Gasteiger partial charge in [-0.05, 0) is 28.9 Å². The second-order valence-corrected chi connectivity index (χ2v) is 4.24. The predicted octanol–water partition coefficient (Wildman–Crippen LogP) is 2.59. The Morgan fingerprint density at radius 1 is 1.50 bits per heavy atom. The number of carbonyl (C=O) groups is 1. The van der Waals surface area contributed by atoms with E-state index in [0.29, 0.717) is 11.3 Å². The molecule has 0 atom stereocenters. The number of rotatable bonds is 3. The second-order valence-electron chi connectivity index (χ2n) is 3.93. The zero-order valence-corrected chi connectivity index (χ0v) is 9.21. The normalized spacial score (nSPS) is 11.4. The van der Waals surface area contributed by atoms with Crippen molar-refractivity contribution in [3.05, 3.63) is 35.4 Å². The van der Waals surface area contributed by atoms with Crippen molar-refractivity contribution in [1.29, 1.82) is 0 Å². The predicted molar refractivity (Wildman–Crippen MR) is 60.3 cm³/mol. The molecule has 0 spiro atoms. The molecule has 0 saturated carbocycles. The van der Waals surface area contributed by atoms with E-state index in [1.807, 2.05) is 19.9 Å². The molecule has 0 aliphatic carbocycles. The highest BCUT2D eigenvalue weighted by Crippen LogP contribution is 2.24. The molecular weight excluding hydrogens is 196 g/mol. The smallest absolute Gasteiger partial charge is 0.335 e. The fourth-order valence-electron chi connectivity index (χ4n) is 1.16. The van der Waals surface area contributed by atoms with Gasteiger partial charge in [-0.3, -0.25) is 0 Å². The molecule has 2 nitrogen and oxygen atoms in total. The lowest BCUT2D eigenvalue weighted by molar-refractivity contribution is 0.0696. The summed E-state index contributed by atoms with van der Waals surface area (Å²) in [6, 6.07) is 7.01. The molecule has 1 aromatic rings. The fourth-order valence-corrected chi connectivity index (χ4v) is 1.35. The molecule has 0 unspecified atom stereocenters. The van der Waals surface area contributed by atoms with Crippen LogP contribution in [0.1, 0.15) is 29.8 Å². The van der Waals surface area contributed by atoms with Gasteiger partial charge < -0.3 is 5.11 Å². The van der Waals surface area contributed by atoms with E-state index in [1.165, 1.54) is 0 Å². The summed E-state index contributed by atoms with van der Waals surface area (Å²) in [5.41, 5.74) is 1.25. The molecule has 0 aromatic heterocycles. The molecule has 76 valence electrons. The van der Waals surface area contributed by atoms with Crippen molar-refractivity contribution in [1.82, 2.24) is 0 Å². The maximum Gasteiger partial charge on any atom is 0.335 e. The summed E-state index contributed by atoms with van der Waals surface area (Å²) < 4.78 is 0. The van der Waals surface area contributed by atoms with E-state index in [1.54, 1.807) is 18.2 Å². The van der Waals surface area contributed by atoms with Gasteiger partial charge in [-0.25, -0.2) is 4.79 Å². The summed E-state index contributed by atoms with van der Waals surface area (Å²) in [7, 11) is 0. The van der Waals surface area contributed by atoms with E-state index in [4.69, 9.17) is 5.11 Å². The summed E-state index contributed by atoms with van der Waals surface area (Å²) in [6.45, 7) is 4.09. The van der Waals surface area contributed by atoms with Crippen LogP contribution in [-0.4, -0.2) is 16.8 Å². The van der Waals surface area contributed by atoms with Gasteiger partial charge in [0, 0.05) is 0 Å². The lowest BCUT2D eigenvalue weighted by Gasteiger charge is -2.22. The van der Waals surface area contributed by atoms with Crippen molar-refractivity contribution in [3.8, 4) is 0 Å². The minimum absolute atomic E-state index is 0.0887. The minimum Gasteiger partial charge on any atom is -0.478 e. The third-order valence-corrected chi connectivity index (χ3v) is 3.08. The number of carboxylic acid groups (broad SMARTS) is 1. The van der Waals surface area contributed by atoms with Gasteiger partial charge in [-0.15, -0.1) is 0 Å². The van der Waals surface area contributed by atoms with Gasteiger partial charge in [0.2, 0.25) is 0 Å². The largest absolute Gasteiger partial charge is 0.478 e. The molecule has 1 rings (SSSR count). The number of hydrogen-bond donors (Lipinski definition) is 2. The number of hydrogen-bond acceptors (Lipinski definition) is 2. The topological polar surface area (TPSA) is 37.3 Å². The summed E-state index contributed by atoms with van der Waals surface area (Å²) in [4.78, 5) is 10.7. The molecular formula is C11H14O2S. The quantitative estimate of drug-likeness (QED) is 0.752. The van der Waals surface area contributed by atoms with E-state index in [-0.39, 0.29) is 5.41 Å². The molecule has 14 heavy (non-hydrogen) atoms. The summed E-state index contributed by atoms with van der Waals surface area (Å²) in [5.74, 6) is -0.197. The maximum absolute atomic E-state index is 10.7. The molecule has 1 aromatic carbocycles. The monoisotopic (exact) mass is 210 g/mol. The standard InChI is InChI=1S/C11H14O2S/c1-11(2,7-14)9-5-3-4-8(6-9)10(12)13/h3-6,14H,7H2,1-2H3,(H,12,13). The number of thiol groups is 1. The highest BCUT2D eigenvalue weighted by atomic mass is 32.1. The van der Waals surface area contributed by atoms with Crippen molar-refractivity contribution < 1.29 is 9.90 Å². The van der Waals surface area contributed by atoms with Gasteiger partial charge in [-0.1, -0.05) is 26.0 Å². The van der Waals surface area contributed by atoms with Crippen LogP contribution in [0.4, 0.5) is 0 Å². The molecule has 0 amide bonds. The summed E-state index contributed by atoms with van der Waals surface area (Å²) >= 11 is 4.25. The molecule has 0 heterocycles. The second kappa shape index (κ2) is 4.05. The van der Waals surface area contributed by atoms with Gasteiger partial charge >= 0.3 is 5.97 Å². The molecule has 1 N–H and O–H groups in total. The van der Waals surface area contributed by atoms with Crippen LogP contribution in [0.5, 0.6) is 0 Å². The first-order valence-corrected chi connectivity index (χ1v) is 5.05. The van der Waals surface area contributed by atoms with Crippen LogP contribution in [0, 0.1) is 0 Å². The number of carboxylic acids is 1. The molecule has 3 heteroatoms. The van der Waals surface area contributed by atoms with E-state index >= 15 is 0 Å². The average molecular weight is 210 g/mol. The van der Waals surface area contributed by atoms with Gasteiger partial charge in [-0.2, -0.15) is 12.6 Å². The van der Waals surface area contributed by atoms with Crippen LogP contribution in [0.3, 0.4) is 0 Å². The summed E-state index contributed by atoms with van der Waals surface area (Å²) in [5, 5.41) is 8.83. The van der Waals surface area contributed by atoms with E-state index in [0.717, 1.165) is 5.56 Å². The summed E-state index contributed by atoms with van der Waals surface area (Å²) in [6.07, 6.45) is 0. The van der Waals surface area contributed by atoms with E-state index in [2.05, 4.69) is 12.6 Å². The Hall–Kier alpha value is -0.960. The van der Waals surface area contributed by atoms with Crippen LogP contribution >= 0.6 is 12.6 Å². The third-order valence-electron chi connectivity index (χ3n) is 2.29.